The van der Waals surface area contributed by atoms with Crippen molar-refractivity contribution in [2.45, 2.75) is 36.9 Å². The Bertz CT molecular complexity index is 438. The maximum atomic E-state index is 12.3. The highest BCUT2D eigenvalue weighted by Gasteiger charge is 2.33. The summed E-state index contributed by atoms with van der Waals surface area (Å²) in [5.74, 6) is 1.42. The molecule has 6 heteroatoms. The summed E-state index contributed by atoms with van der Waals surface area (Å²) in [5.41, 5.74) is 0. The largest absolute Gasteiger partial charge is 0.341 e. The van der Waals surface area contributed by atoms with E-state index in [0.29, 0.717) is 5.92 Å². The molecule has 1 aliphatic rings. The Balaban J connectivity index is 2.10. The average molecular weight is 315 g/mol. The summed E-state index contributed by atoms with van der Waals surface area (Å²) in [6.07, 6.45) is 3.80. The van der Waals surface area contributed by atoms with Crippen LogP contribution >= 0.6 is 15.9 Å². The number of aryl methyl sites for hydroxylation is 1. The van der Waals surface area contributed by atoms with Crippen molar-refractivity contribution in [3.05, 3.63) is 12.2 Å². The molecule has 2 heterocycles. The molecule has 1 atom stereocenters. The fourth-order valence-corrected chi connectivity index (χ4v) is 2.66. The standard InChI is InChI=1S/C12H19BrN4O/c1-12(2,13)11(18)17-6-4-5-9(7-17)10-15-14-8-16(10)3/h8-9H,4-7H2,1-3H3. The van der Waals surface area contributed by atoms with E-state index in [1.165, 1.54) is 0 Å². The van der Waals surface area contributed by atoms with Crippen molar-refractivity contribution < 1.29 is 4.79 Å². The highest BCUT2D eigenvalue weighted by atomic mass is 79.9. The van der Waals surface area contributed by atoms with Crippen LogP contribution in [-0.4, -0.2) is 43.0 Å². The minimum absolute atomic E-state index is 0.148. The van der Waals surface area contributed by atoms with Gasteiger partial charge in [0.15, 0.2) is 0 Å². The molecule has 0 saturated carbocycles. The van der Waals surface area contributed by atoms with Gasteiger partial charge in [-0.05, 0) is 26.7 Å². The van der Waals surface area contributed by atoms with Gasteiger partial charge in [-0.2, -0.15) is 0 Å². The molecule has 0 bridgehead atoms. The van der Waals surface area contributed by atoms with E-state index in [9.17, 15) is 4.79 Å². The van der Waals surface area contributed by atoms with Crippen molar-refractivity contribution in [2.24, 2.45) is 7.05 Å². The topological polar surface area (TPSA) is 51.0 Å². The molecule has 1 aliphatic heterocycles. The Kier molecular flexibility index (Phi) is 3.75. The van der Waals surface area contributed by atoms with Crippen LogP contribution in [0.3, 0.4) is 0 Å². The van der Waals surface area contributed by atoms with E-state index in [2.05, 4.69) is 26.1 Å². The number of amides is 1. The van der Waals surface area contributed by atoms with Gasteiger partial charge in [-0.1, -0.05) is 15.9 Å². The average Bonchev–Trinajstić information content (AvgIpc) is 2.73. The fourth-order valence-electron chi connectivity index (χ4n) is 2.41. The summed E-state index contributed by atoms with van der Waals surface area (Å²) >= 11 is 3.44. The zero-order valence-corrected chi connectivity index (χ0v) is 12.6. The maximum absolute atomic E-state index is 12.3. The van der Waals surface area contributed by atoms with E-state index in [0.717, 1.165) is 31.8 Å². The lowest BCUT2D eigenvalue weighted by atomic mass is 9.96. The molecule has 0 spiro atoms. The molecule has 1 unspecified atom stereocenters. The summed E-state index contributed by atoms with van der Waals surface area (Å²) in [6.45, 7) is 5.35. The van der Waals surface area contributed by atoms with Gasteiger partial charge in [0.2, 0.25) is 5.91 Å². The Hall–Kier alpha value is -0.910. The van der Waals surface area contributed by atoms with Crippen molar-refractivity contribution in [1.82, 2.24) is 19.7 Å². The number of nitrogens with zero attached hydrogens (tertiary/aromatic N) is 4. The van der Waals surface area contributed by atoms with Crippen LogP contribution in [0.4, 0.5) is 0 Å². The molecule has 0 aliphatic carbocycles. The number of carbonyl (C=O) groups is 1. The molecule has 0 radical (unpaired) electrons. The predicted molar refractivity (Wildman–Crippen MR) is 72.6 cm³/mol. The Morgan fingerprint density at radius 1 is 1.56 bits per heavy atom. The van der Waals surface area contributed by atoms with Crippen LogP contribution in [0.2, 0.25) is 0 Å². The highest BCUT2D eigenvalue weighted by molar-refractivity contribution is 9.10. The number of likely N-dealkylation sites (tertiary alicyclic amines) is 1. The van der Waals surface area contributed by atoms with Gasteiger partial charge in [0.1, 0.15) is 12.2 Å². The van der Waals surface area contributed by atoms with Gasteiger partial charge >= 0.3 is 0 Å². The zero-order chi connectivity index (χ0) is 13.3. The molecule has 2 rings (SSSR count). The van der Waals surface area contributed by atoms with Gasteiger partial charge in [0.25, 0.3) is 0 Å². The Morgan fingerprint density at radius 2 is 2.28 bits per heavy atom. The maximum Gasteiger partial charge on any atom is 0.238 e. The van der Waals surface area contributed by atoms with Crippen LogP contribution in [0.5, 0.6) is 0 Å². The van der Waals surface area contributed by atoms with Gasteiger partial charge in [-0.25, -0.2) is 0 Å². The summed E-state index contributed by atoms with van der Waals surface area (Å²) in [6, 6.07) is 0. The third kappa shape index (κ3) is 2.74. The van der Waals surface area contributed by atoms with Gasteiger partial charge in [0.05, 0.1) is 4.32 Å². The molecule has 0 N–H and O–H groups in total. The number of aromatic nitrogens is 3. The first-order valence-electron chi connectivity index (χ1n) is 6.22. The number of hydrogen-bond donors (Lipinski definition) is 0. The second-order valence-electron chi connectivity index (χ2n) is 5.36. The van der Waals surface area contributed by atoms with Crippen molar-refractivity contribution in [1.29, 1.82) is 0 Å². The number of alkyl halides is 1. The Morgan fingerprint density at radius 3 is 2.83 bits per heavy atom. The van der Waals surface area contributed by atoms with Gasteiger partial charge in [-0.15, -0.1) is 10.2 Å². The number of piperidine rings is 1. The quantitative estimate of drug-likeness (QED) is 0.781. The molecule has 1 aromatic heterocycles. The molecule has 1 saturated heterocycles. The SMILES string of the molecule is Cn1cnnc1C1CCCN(C(=O)C(C)(C)Br)C1. The lowest BCUT2D eigenvalue weighted by molar-refractivity contribution is -0.134. The van der Waals surface area contributed by atoms with Gasteiger partial charge in [-0.3, -0.25) is 4.79 Å². The summed E-state index contributed by atoms with van der Waals surface area (Å²) in [4.78, 5) is 14.2. The van der Waals surface area contributed by atoms with E-state index in [-0.39, 0.29) is 5.91 Å². The second kappa shape index (κ2) is 4.99. The molecular weight excluding hydrogens is 296 g/mol. The van der Waals surface area contributed by atoms with Crippen LogP contribution in [0, 0.1) is 0 Å². The van der Waals surface area contributed by atoms with E-state index < -0.39 is 4.32 Å². The third-order valence-electron chi connectivity index (χ3n) is 3.33. The van der Waals surface area contributed by atoms with Crippen LogP contribution in [-0.2, 0) is 11.8 Å². The highest BCUT2D eigenvalue weighted by Crippen LogP contribution is 2.28. The van der Waals surface area contributed by atoms with Crippen molar-refractivity contribution in [2.75, 3.05) is 13.1 Å². The molecule has 0 aromatic carbocycles. The van der Waals surface area contributed by atoms with Crippen molar-refractivity contribution >= 4 is 21.8 Å². The fraction of sp³-hybridized carbons (Fsp3) is 0.750. The predicted octanol–water partition coefficient (Wildman–Crippen LogP) is 1.69. The number of rotatable bonds is 2. The first kappa shape index (κ1) is 13.5. The molecule has 5 nitrogen and oxygen atoms in total. The van der Waals surface area contributed by atoms with Gasteiger partial charge in [0, 0.05) is 26.1 Å². The van der Waals surface area contributed by atoms with E-state index in [1.807, 2.05) is 30.4 Å². The van der Waals surface area contributed by atoms with E-state index in [1.54, 1.807) is 6.33 Å². The van der Waals surface area contributed by atoms with Crippen LogP contribution < -0.4 is 0 Å². The first-order valence-corrected chi connectivity index (χ1v) is 7.01. The lowest BCUT2D eigenvalue weighted by Crippen LogP contribution is -2.46. The smallest absolute Gasteiger partial charge is 0.238 e. The van der Waals surface area contributed by atoms with Crippen LogP contribution in [0.1, 0.15) is 38.4 Å². The molecule has 1 amide bonds. The number of carbonyl (C=O) groups excluding carboxylic acids is 1. The summed E-state index contributed by atoms with van der Waals surface area (Å²) in [5, 5.41) is 8.07. The summed E-state index contributed by atoms with van der Waals surface area (Å²) in [7, 11) is 1.95. The van der Waals surface area contributed by atoms with Crippen molar-refractivity contribution in [3.63, 3.8) is 0 Å². The number of hydrogen-bond acceptors (Lipinski definition) is 3. The molecule has 100 valence electrons. The third-order valence-corrected chi connectivity index (χ3v) is 3.67. The second-order valence-corrected chi connectivity index (χ2v) is 7.35. The minimum atomic E-state index is -0.491. The first-order chi connectivity index (χ1) is 8.39. The minimum Gasteiger partial charge on any atom is -0.341 e. The molecular formula is C12H19BrN4O. The van der Waals surface area contributed by atoms with Gasteiger partial charge < -0.3 is 9.47 Å². The monoisotopic (exact) mass is 314 g/mol. The zero-order valence-electron chi connectivity index (χ0n) is 11.1. The van der Waals surface area contributed by atoms with E-state index >= 15 is 0 Å². The Labute approximate surface area is 116 Å². The lowest BCUT2D eigenvalue weighted by Gasteiger charge is -2.35. The summed E-state index contributed by atoms with van der Waals surface area (Å²) < 4.78 is 1.45. The molecule has 1 fully saturated rings. The van der Waals surface area contributed by atoms with Crippen molar-refractivity contribution in [3.8, 4) is 0 Å². The van der Waals surface area contributed by atoms with E-state index in [4.69, 9.17) is 0 Å². The van der Waals surface area contributed by atoms with Crippen LogP contribution in [0.15, 0.2) is 6.33 Å². The van der Waals surface area contributed by atoms with Crippen LogP contribution in [0.25, 0.3) is 0 Å². The normalized spacial score (nSPS) is 21.1. The number of halogens is 1. The molecule has 18 heavy (non-hydrogen) atoms. The molecule has 1 aromatic rings.